The van der Waals surface area contributed by atoms with Gasteiger partial charge in [0, 0.05) is 18.3 Å². The Morgan fingerprint density at radius 3 is 2.74 bits per heavy atom. The summed E-state index contributed by atoms with van der Waals surface area (Å²) in [5, 5.41) is 3.21. The van der Waals surface area contributed by atoms with Gasteiger partial charge in [0.15, 0.2) is 5.82 Å². The van der Waals surface area contributed by atoms with Crippen molar-refractivity contribution in [2.24, 2.45) is 0 Å². The summed E-state index contributed by atoms with van der Waals surface area (Å²) >= 11 is 6.57. The minimum atomic E-state index is -0.301. The molecule has 0 radical (unpaired) electrons. The average molecular weight is 389 g/mol. The molecule has 1 N–H and O–H groups in total. The summed E-state index contributed by atoms with van der Waals surface area (Å²) in [5.74, 6) is 1.000. The highest BCUT2D eigenvalue weighted by Crippen LogP contribution is 2.26. The number of benzene rings is 1. The van der Waals surface area contributed by atoms with E-state index in [1.54, 1.807) is 18.3 Å². The van der Waals surface area contributed by atoms with Crippen LogP contribution in [0.4, 0.5) is 10.2 Å². The zero-order chi connectivity index (χ0) is 13.8. The number of aromatic nitrogens is 2. The molecule has 1 aromatic carbocycles. The number of anilines is 1. The highest BCUT2D eigenvalue weighted by molar-refractivity contribution is 9.10. The Kier molecular flexibility index (Phi) is 4.87. The van der Waals surface area contributed by atoms with Crippen molar-refractivity contribution >= 4 is 37.7 Å². The third kappa shape index (κ3) is 3.51. The van der Waals surface area contributed by atoms with E-state index in [4.69, 9.17) is 0 Å². The minimum Gasteiger partial charge on any atom is -0.369 e. The Balaban J connectivity index is 2.36. The van der Waals surface area contributed by atoms with Crippen molar-refractivity contribution in [2.45, 2.75) is 13.3 Å². The topological polar surface area (TPSA) is 37.8 Å². The van der Waals surface area contributed by atoms with Crippen LogP contribution in [0.5, 0.6) is 0 Å². The van der Waals surface area contributed by atoms with Gasteiger partial charge in [0.25, 0.3) is 0 Å². The van der Waals surface area contributed by atoms with Crippen LogP contribution >= 0.6 is 31.9 Å². The number of rotatable bonds is 4. The van der Waals surface area contributed by atoms with E-state index in [2.05, 4.69) is 54.1 Å². The first-order chi connectivity index (χ1) is 9.11. The van der Waals surface area contributed by atoms with E-state index in [9.17, 15) is 4.39 Å². The van der Waals surface area contributed by atoms with E-state index in [1.807, 2.05) is 0 Å². The SMILES string of the molecule is CCCNc1nc(-c2ccc(F)c(Br)c2)ncc1Br. The van der Waals surface area contributed by atoms with Gasteiger partial charge in [-0.1, -0.05) is 6.92 Å². The Bertz CT molecular complexity index is 590. The summed E-state index contributed by atoms with van der Waals surface area (Å²) in [6.07, 6.45) is 2.70. The molecule has 0 unspecified atom stereocenters. The second-order valence-corrected chi connectivity index (χ2v) is 5.65. The molecule has 0 spiro atoms. The highest BCUT2D eigenvalue weighted by atomic mass is 79.9. The first kappa shape index (κ1) is 14.4. The van der Waals surface area contributed by atoms with Crippen molar-refractivity contribution in [1.29, 1.82) is 0 Å². The van der Waals surface area contributed by atoms with Crippen LogP contribution in [0, 0.1) is 5.82 Å². The van der Waals surface area contributed by atoms with E-state index in [-0.39, 0.29) is 5.82 Å². The lowest BCUT2D eigenvalue weighted by molar-refractivity contribution is 0.621. The number of hydrogen-bond donors (Lipinski definition) is 1. The van der Waals surface area contributed by atoms with Crippen LogP contribution in [0.1, 0.15) is 13.3 Å². The predicted octanol–water partition coefficient (Wildman–Crippen LogP) is 4.63. The van der Waals surface area contributed by atoms with Crippen LogP contribution in [0.2, 0.25) is 0 Å². The third-order valence-electron chi connectivity index (χ3n) is 2.46. The van der Waals surface area contributed by atoms with Crippen LogP contribution in [0.25, 0.3) is 11.4 Å². The van der Waals surface area contributed by atoms with E-state index in [1.165, 1.54) is 6.07 Å². The van der Waals surface area contributed by atoms with E-state index < -0.39 is 0 Å². The molecule has 1 heterocycles. The normalized spacial score (nSPS) is 10.5. The fourth-order valence-corrected chi connectivity index (χ4v) is 2.22. The van der Waals surface area contributed by atoms with Gasteiger partial charge in [0.2, 0.25) is 0 Å². The van der Waals surface area contributed by atoms with Crippen molar-refractivity contribution in [1.82, 2.24) is 9.97 Å². The molecule has 3 nitrogen and oxygen atoms in total. The second kappa shape index (κ2) is 6.43. The molecule has 0 aliphatic rings. The fraction of sp³-hybridized carbons (Fsp3) is 0.231. The number of nitrogens with zero attached hydrogens (tertiary/aromatic N) is 2. The molecular weight excluding hydrogens is 377 g/mol. The second-order valence-electron chi connectivity index (χ2n) is 3.95. The summed E-state index contributed by atoms with van der Waals surface area (Å²) in [7, 11) is 0. The van der Waals surface area contributed by atoms with Crippen molar-refractivity contribution in [3.63, 3.8) is 0 Å². The number of nitrogens with one attached hydrogen (secondary N) is 1. The molecule has 0 bridgehead atoms. The van der Waals surface area contributed by atoms with Crippen LogP contribution in [0.3, 0.4) is 0 Å². The quantitative estimate of drug-likeness (QED) is 0.829. The van der Waals surface area contributed by atoms with Gasteiger partial charge in [0.1, 0.15) is 11.6 Å². The first-order valence-corrected chi connectivity index (χ1v) is 7.42. The van der Waals surface area contributed by atoms with E-state index in [0.29, 0.717) is 10.3 Å². The molecule has 0 amide bonds. The van der Waals surface area contributed by atoms with Crippen LogP contribution in [0.15, 0.2) is 33.3 Å². The maximum atomic E-state index is 13.2. The summed E-state index contributed by atoms with van der Waals surface area (Å²) < 4.78 is 14.4. The van der Waals surface area contributed by atoms with E-state index >= 15 is 0 Å². The average Bonchev–Trinajstić information content (AvgIpc) is 2.41. The molecule has 0 saturated heterocycles. The lowest BCUT2D eigenvalue weighted by Crippen LogP contribution is -2.04. The van der Waals surface area contributed by atoms with Crippen molar-refractivity contribution in [2.75, 3.05) is 11.9 Å². The largest absolute Gasteiger partial charge is 0.369 e. The Morgan fingerprint density at radius 1 is 1.26 bits per heavy atom. The van der Waals surface area contributed by atoms with Crippen molar-refractivity contribution < 1.29 is 4.39 Å². The molecule has 100 valence electrons. The molecule has 0 aliphatic carbocycles. The van der Waals surface area contributed by atoms with Crippen LogP contribution in [-0.4, -0.2) is 16.5 Å². The molecule has 1 aromatic heterocycles. The lowest BCUT2D eigenvalue weighted by Gasteiger charge is -2.08. The molecule has 0 atom stereocenters. The van der Waals surface area contributed by atoms with Crippen molar-refractivity contribution in [3.05, 3.63) is 39.2 Å². The standard InChI is InChI=1S/C13H12Br2FN3/c1-2-5-17-13-10(15)7-18-12(19-13)8-3-4-11(16)9(14)6-8/h3-4,6-7H,2,5H2,1H3,(H,17,18,19). The molecule has 19 heavy (non-hydrogen) atoms. The van der Waals surface area contributed by atoms with Crippen LogP contribution < -0.4 is 5.32 Å². The van der Waals surface area contributed by atoms with Gasteiger partial charge in [-0.05, 0) is 56.5 Å². The minimum absolute atomic E-state index is 0.301. The van der Waals surface area contributed by atoms with Gasteiger partial charge in [-0.25, -0.2) is 14.4 Å². The van der Waals surface area contributed by atoms with Gasteiger partial charge < -0.3 is 5.32 Å². The Labute approximate surface area is 127 Å². The molecule has 2 aromatic rings. The zero-order valence-corrected chi connectivity index (χ0v) is 13.4. The summed E-state index contributed by atoms with van der Waals surface area (Å²) in [5.41, 5.74) is 0.764. The van der Waals surface area contributed by atoms with Gasteiger partial charge in [-0.3, -0.25) is 0 Å². The van der Waals surface area contributed by atoms with Crippen molar-refractivity contribution in [3.8, 4) is 11.4 Å². The van der Waals surface area contributed by atoms with Gasteiger partial charge in [-0.2, -0.15) is 0 Å². The molecule has 6 heteroatoms. The fourth-order valence-electron chi connectivity index (χ4n) is 1.51. The molecule has 2 rings (SSSR count). The molecule has 0 aliphatic heterocycles. The lowest BCUT2D eigenvalue weighted by atomic mass is 10.2. The monoisotopic (exact) mass is 387 g/mol. The molecular formula is C13H12Br2FN3. The molecule has 0 fully saturated rings. The van der Waals surface area contributed by atoms with E-state index in [0.717, 1.165) is 28.8 Å². The third-order valence-corrected chi connectivity index (χ3v) is 3.65. The predicted molar refractivity (Wildman–Crippen MR) is 81.6 cm³/mol. The zero-order valence-electron chi connectivity index (χ0n) is 10.3. The first-order valence-electron chi connectivity index (χ1n) is 5.83. The molecule has 0 saturated carbocycles. The Hall–Kier alpha value is -1.01. The number of halogens is 3. The van der Waals surface area contributed by atoms with Gasteiger partial charge >= 0.3 is 0 Å². The summed E-state index contributed by atoms with van der Waals surface area (Å²) in [6, 6.07) is 4.72. The summed E-state index contributed by atoms with van der Waals surface area (Å²) in [6.45, 7) is 2.92. The van der Waals surface area contributed by atoms with Gasteiger partial charge in [-0.15, -0.1) is 0 Å². The maximum absolute atomic E-state index is 13.2. The number of hydrogen-bond acceptors (Lipinski definition) is 3. The Morgan fingerprint density at radius 2 is 2.05 bits per heavy atom. The van der Waals surface area contributed by atoms with Gasteiger partial charge in [0.05, 0.1) is 8.95 Å². The van der Waals surface area contributed by atoms with Crippen LogP contribution in [-0.2, 0) is 0 Å². The maximum Gasteiger partial charge on any atom is 0.161 e. The smallest absolute Gasteiger partial charge is 0.161 e. The highest BCUT2D eigenvalue weighted by Gasteiger charge is 2.08. The summed E-state index contributed by atoms with van der Waals surface area (Å²) in [4.78, 5) is 8.69.